The van der Waals surface area contributed by atoms with Crippen LogP contribution in [-0.2, 0) is 0 Å². The number of hydrogen-bond acceptors (Lipinski definition) is 2. The van der Waals surface area contributed by atoms with Crippen LogP contribution in [0.15, 0.2) is 40.9 Å². The second-order valence-electron chi connectivity index (χ2n) is 4.02. The summed E-state index contributed by atoms with van der Waals surface area (Å²) in [5.74, 6) is 0.384. The maximum absolute atomic E-state index is 13.1. The Hall–Kier alpha value is -1.88. The molecule has 0 aliphatic rings. The molecule has 3 rings (SSSR count). The van der Waals surface area contributed by atoms with E-state index < -0.39 is 0 Å². The van der Waals surface area contributed by atoms with Crippen LogP contribution in [0.1, 0.15) is 0 Å². The molecule has 5 heteroatoms. The smallest absolute Gasteiger partial charge is 0.138 e. The number of rotatable bonds is 1. The summed E-state index contributed by atoms with van der Waals surface area (Å²) in [6, 6.07) is 10.00. The molecule has 18 heavy (non-hydrogen) atoms. The third-order valence-corrected chi connectivity index (χ3v) is 3.10. The molecule has 3 nitrogen and oxygen atoms in total. The molecule has 3 aromatic rings. The van der Waals surface area contributed by atoms with Crippen LogP contribution in [0.2, 0.25) is 0 Å². The normalized spacial score (nSPS) is 11.0. The first-order valence-electron chi connectivity index (χ1n) is 5.33. The van der Waals surface area contributed by atoms with Gasteiger partial charge >= 0.3 is 0 Å². The molecule has 0 unspecified atom stereocenters. The van der Waals surface area contributed by atoms with Gasteiger partial charge in [0.1, 0.15) is 11.6 Å². The van der Waals surface area contributed by atoms with Gasteiger partial charge < -0.3 is 10.7 Å². The maximum Gasteiger partial charge on any atom is 0.138 e. The molecule has 0 aliphatic carbocycles. The van der Waals surface area contributed by atoms with Gasteiger partial charge in [0, 0.05) is 15.7 Å². The van der Waals surface area contributed by atoms with Crippen molar-refractivity contribution < 1.29 is 4.39 Å². The lowest BCUT2D eigenvalue weighted by Crippen LogP contribution is -1.87. The molecule has 0 amide bonds. The van der Waals surface area contributed by atoms with E-state index in [1.807, 2.05) is 18.2 Å². The Morgan fingerprint density at radius 1 is 1.17 bits per heavy atom. The molecule has 0 saturated carbocycles. The molecule has 3 N–H and O–H groups in total. The number of aromatic nitrogens is 2. The Morgan fingerprint density at radius 3 is 2.78 bits per heavy atom. The summed E-state index contributed by atoms with van der Waals surface area (Å²) >= 11 is 3.38. The summed E-state index contributed by atoms with van der Waals surface area (Å²) in [5.41, 5.74) is 8.68. The molecule has 0 fully saturated rings. The van der Waals surface area contributed by atoms with Gasteiger partial charge in [-0.1, -0.05) is 15.9 Å². The molecule has 1 heterocycles. The summed E-state index contributed by atoms with van der Waals surface area (Å²) in [6.07, 6.45) is 0. The van der Waals surface area contributed by atoms with Crippen molar-refractivity contribution in [3.05, 3.63) is 46.7 Å². The summed E-state index contributed by atoms with van der Waals surface area (Å²) in [5, 5.41) is 0. The summed E-state index contributed by atoms with van der Waals surface area (Å²) < 4.78 is 14.0. The van der Waals surface area contributed by atoms with E-state index in [0.29, 0.717) is 17.0 Å². The first-order valence-corrected chi connectivity index (χ1v) is 6.13. The number of H-pyrrole nitrogens is 1. The number of halogens is 2. The molecular weight excluding hydrogens is 297 g/mol. The molecule has 0 bridgehead atoms. The van der Waals surface area contributed by atoms with Crippen molar-refractivity contribution in [1.82, 2.24) is 9.97 Å². The minimum atomic E-state index is -0.286. The zero-order chi connectivity index (χ0) is 12.7. The second-order valence-corrected chi connectivity index (χ2v) is 4.94. The van der Waals surface area contributed by atoms with Gasteiger partial charge in [-0.25, -0.2) is 9.37 Å². The highest BCUT2D eigenvalue weighted by Gasteiger charge is 2.07. The van der Waals surface area contributed by atoms with Gasteiger partial charge in [0.15, 0.2) is 0 Å². The Bertz CT molecular complexity index is 716. The van der Waals surface area contributed by atoms with E-state index in [9.17, 15) is 4.39 Å². The molecule has 90 valence electrons. The average molecular weight is 306 g/mol. The zero-order valence-corrected chi connectivity index (χ0v) is 10.8. The predicted molar refractivity (Wildman–Crippen MR) is 73.6 cm³/mol. The SMILES string of the molecule is Nc1cc(Br)cc(-c2nc3ccc(F)cc3[nH]2)c1. The summed E-state index contributed by atoms with van der Waals surface area (Å²) in [6.45, 7) is 0. The topological polar surface area (TPSA) is 54.7 Å². The molecule has 1 aromatic heterocycles. The number of imidazole rings is 1. The lowest BCUT2D eigenvalue weighted by Gasteiger charge is -2.00. The van der Waals surface area contributed by atoms with Crippen LogP contribution in [0.5, 0.6) is 0 Å². The lowest BCUT2D eigenvalue weighted by atomic mass is 10.2. The number of nitrogens with one attached hydrogen (secondary N) is 1. The molecule has 0 spiro atoms. The Morgan fingerprint density at radius 2 is 2.00 bits per heavy atom. The Labute approximate surface area is 111 Å². The number of fused-ring (bicyclic) bond motifs is 1. The number of nitrogens with zero attached hydrogens (tertiary/aromatic N) is 1. The van der Waals surface area contributed by atoms with Gasteiger partial charge in [-0.3, -0.25) is 0 Å². The average Bonchev–Trinajstić information content (AvgIpc) is 2.70. The van der Waals surface area contributed by atoms with Crippen molar-refractivity contribution in [2.75, 3.05) is 5.73 Å². The van der Waals surface area contributed by atoms with Crippen LogP contribution in [0.3, 0.4) is 0 Å². The van der Waals surface area contributed by atoms with Crippen molar-refractivity contribution in [3.8, 4) is 11.4 Å². The quantitative estimate of drug-likeness (QED) is 0.673. The van der Waals surface area contributed by atoms with Crippen LogP contribution in [0, 0.1) is 5.82 Å². The number of benzene rings is 2. The molecule has 0 aliphatic heterocycles. The van der Waals surface area contributed by atoms with Crippen LogP contribution < -0.4 is 5.73 Å². The minimum absolute atomic E-state index is 0.286. The van der Waals surface area contributed by atoms with E-state index in [0.717, 1.165) is 15.6 Å². The van der Waals surface area contributed by atoms with Gasteiger partial charge in [0.2, 0.25) is 0 Å². The van der Waals surface area contributed by atoms with Gasteiger partial charge in [0.25, 0.3) is 0 Å². The van der Waals surface area contributed by atoms with Gasteiger partial charge in [-0.15, -0.1) is 0 Å². The van der Waals surface area contributed by atoms with E-state index in [1.165, 1.54) is 12.1 Å². The van der Waals surface area contributed by atoms with E-state index in [4.69, 9.17) is 5.73 Å². The number of nitrogens with two attached hydrogens (primary N) is 1. The first kappa shape index (κ1) is 11.2. The van der Waals surface area contributed by atoms with E-state index >= 15 is 0 Å². The van der Waals surface area contributed by atoms with Crippen molar-refractivity contribution in [1.29, 1.82) is 0 Å². The molecule has 0 atom stereocenters. The largest absolute Gasteiger partial charge is 0.399 e. The Balaban J connectivity index is 2.19. The van der Waals surface area contributed by atoms with Gasteiger partial charge in [-0.05, 0) is 36.4 Å². The molecule has 2 aromatic carbocycles. The molecule has 0 radical (unpaired) electrons. The van der Waals surface area contributed by atoms with Crippen molar-refractivity contribution in [2.24, 2.45) is 0 Å². The summed E-state index contributed by atoms with van der Waals surface area (Å²) in [7, 11) is 0. The highest BCUT2D eigenvalue weighted by molar-refractivity contribution is 9.10. The highest BCUT2D eigenvalue weighted by Crippen LogP contribution is 2.26. The molecular formula is C13H9BrFN3. The number of nitrogen functional groups attached to an aromatic ring is 1. The van der Waals surface area contributed by atoms with Crippen LogP contribution >= 0.6 is 15.9 Å². The predicted octanol–water partition coefficient (Wildman–Crippen LogP) is 3.71. The number of aromatic amines is 1. The fourth-order valence-electron chi connectivity index (χ4n) is 1.87. The second kappa shape index (κ2) is 4.10. The third-order valence-electron chi connectivity index (χ3n) is 2.64. The zero-order valence-electron chi connectivity index (χ0n) is 9.24. The van der Waals surface area contributed by atoms with Crippen molar-refractivity contribution in [2.45, 2.75) is 0 Å². The van der Waals surface area contributed by atoms with Crippen LogP contribution in [-0.4, -0.2) is 9.97 Å². The van der Waals surface area contributed by atoms with E-state index in [2.05, 4.69) is 25.9 Å². The highest BCUT2D eigenvalue weighted by atomic mass is 79.9. The number of anilines is 1. The van der Waals surface area contributed by atoms with Crippen molar-refractivity contribution in [3.63, 3.8) is 0 Å². The maximum atomic E-state index is 13.1. The summed E-state index contributed by atoms with van der Waals surface area (Å²) in [4.78, 5) is 7.49. The molecule has 0 saturated heterocycles. The first-order chi connectivity index (χ1) is 8.61. The van der Waals surface area contributed by atoms with Crippen LogP contribution in [0.25, 0.3) is 22.4 Å². The number of hydrogen-bond donors (Lipinski definition) is 2. The fraction of sp³-hybridized carbons (Fsp3) is 0. The van der Waals surface area contributed by atoms with Gasteiger partial charge in [-0.2, -0.15) is 0 Å². The van der Waals surface area contributed by atoms with E-state index in [-0.39, 0.29) is 5.82 Å². The van der Waals surface area contributed by atoms with Crippen LogP contribution in [0.4, 0.5) is 10.1 Å². The minimum Gasteiger partial charge on any atom is -0.399 e. The fourth-order valence-corrected chi connectivity index (χ4v) is 2.38. The monoisotopic (exact) mass is 305 g/mol. The van der Waals surface area contributed by atoms with Crippen molar-refractivity contribution >= 4 is 32.7 Å². The van der Waals surface area contributed by atoms with E-state index in [1.54, 1.807) is 6.07 Å². The third kappa shape index (κ3) is 1.97. The Kier molecular flexibility index (Phi) is 2.56. The lowest BCUT2D eigenvalue weighted by molar-refractivity contribution is 0.629. The van der Waals surface area contributed by atoms with Gasteiger partial charge in [0.05, 0.1) is 11.0 Å². The standard InChI is InChI=1S/C13H9BrFN3/c14-8-3-7(4-10(16)5-8)13-17-11-2-1-9(15)6-12(11)18-13/h1-6H,16H2,(H,17,18).